The molecule has 1 nitrogen and oxygen atoms in total. The molecule has 0 N–H and O–H groups in total. The number of anilines is 3. The monoisotopic (exact) mass is 733 g/mol. The molecule has 0 unspecified atom stereocenters. The molecule has 0 spiro atoms. The Balaban J connectivity index is 1.21. The summed E-state index contributed by atoms with van der Waals surface area (Å²) in [5.74, 6) is 0. The lowest BCUT2D eigenvalue weighted by Gasteiger charge is -2.34. The first-order valence-electron chi connectivity index (χ1n) is 20.3. The molecular formula is C56H47N. The third-order valence-electron chi connectivity index (χ3n) is 12.7. The quantitative estimate of drug-likeness (QED) is 0.164. The van der Waals surface area contributed by atoms with Crippen LogP contribution in [0, 0.1) is 0 Å². The van der Waals surface area contributed by atoms with E-state index >= 15 is 0 Å². The van der Waals surface area contributed by atoms with E-state index in [0.717, 1.165) is 11.4 Å². The minimum atomic E-state index is -0.485. The lowest BCUT2D eigenvalue weighted by molar-refractivity contribution is 0.590. The second kappa shape index (κ2) is 13.1. The van der Waals surface area contributed by atoms with Crippen molar-refractivity contribution in [2.24, 2.45) is 0 Å². The zero-order valence-corrected chi connectivity index (χ0v) is 33.4. The molecule has 276 valence electrons. The first-order valence-corrected chi connectivity index (χ1v) is 20.3. The Bertz CT molecular complexity index is 2730. The van der Waals surface area contributed by atoms with Crippen LogP contribution < -0.4 is 4.90 Å². The van der Waals surface area contributed by atoms with E-state index in [1.165, 1.54) is 78.0 Å². The molecule has 10 rings (SSSR count). The number of hydrogen-bond acceptors (Lipinski definition) is 1. The van der Waals surface area contributed by atoms with Gasteiger partial charge in [-0.2, -0.15) is 0 Å². The molecule has 0 atom stereocenters. The number of fused-ring (bicyclic) bond motifs is 6. The molecule has 8 aromatic rings. The molecule has 0 amide bonds. The lowest BCUT2D eigenvalue weighted by Crippen LogP contribution is -2.28. The molecule has 57 heavy (non-hydrogen) atoms. The summed E-state index contributed by atoms with van der Waals surface area (Å²) in [5.41, 5.74) is 19.8. The highest BCUT2D eigenvalue weighted by Gasteiger charge is 2.47. The highest BCUT2D eigenvalue weighted by molar-refractivity contribution is 5.98. The van der Waals surface area contributed by atoms with Crippen molar-refractivity contribution in [1.82, 2.24) is 0 Å². The first-order chi connectivity index (χ1) is 27.7. The van der Waals surface area contributed by atoms with Crippen LogP contribution in [0.3, 0.4) is 0 Å². The highest BCUT2D eigenvalue weighted by atomic mass is 15.1. The van der Waals surface area contributed by atoms with Gasteiger partial charge in [0, 0.05) is 22.4 Å². The molecule has 2 aliphatic carbocycles. The van der Waals surface area contributed by atoms with Crippen molar-refractivity contribution in [3.63, 3.8) is 0 Å². The van der Waals surface area contributed by atoms with E-state index in [1.54, 1.807) is 0 Å². The molecule has 0 saturated carbocycles. The molecule has 0 aliphatic heterocycles. The van der Waals surface area contributed by atoms with Crippen molar-refractivity contribution in [2.45, 2.75) is 50.9 Å². The van der Waals surface area contributed by atoms with Crippen LogP contribution in [-0.2, 0) is 16.2 Å². The summed E-state index contributed by atoms with van der Waals surface area (Å²) in [7, 11) is 0. The van der Waals surface area contributed by atoms with E-state index in [-0.39, 0.29) is 10.8 Å². The number of benzene rings is 8. The topological polar surface area (TPSA) is 3.24 Å². The second-order valence-electron chi connectivity index (χ2n) is 17.3. The minimum Gasteiger partial charge on any atom is -0.310 e. The minimum absolute atomic E-state index is 0.113. The molecule has 0 saturated heterocycles. The zero-order valence-electron chi connectivity index (χ0n) is 33.4. The fraction of sp³-hybridized carbons (Fsp3) is 0.143. The first kappa shape index (κ1) is 35.0. The van der Waals surface area contributed by atoms with Gasteiger partial charge in [0.15, 0.2) is 0 Å². The molecule has 0 heterocycles. The molecule has 2 aliphatic rings. The molecule has 0 radical (unpaired) electrons. The van der Waals surface area contributed by atoms with Crippen LogP contribution >= 0.6 is 0 Å². The summed E-state index contributed by atoms with van der Waals surface area (Å²) in [6, 6.07) is 72.5. The van der Waals surface area contributed by atoms with Crippen LogP contribution in [0.1, 0.15) is 73.6 Å². The second-order valence-corrected chi connectivity index (χ2v) is 17.3. The van der Waals surface area contributed by atoms with Crippen LogP contribution in [-0.4, -0.2) is 0 Å². The number of nitrogens with zero attached hydrogens (tertiary/aromatic N) is 1. The number of rotatable bonds is 6. The van der Waals surface area contributed by atoms with Crippen molar-refractivity contribution >= 4 is 17.1 Å². The van der Waals surface area contributed by atoms with E-state index in [9.17, 15) is 0 Å². The van der Waals surface area contributed by atoms with Crippen molar-refractivity contribution < 1.29 is 0 Å². The van der Waals surface area contributed by atoms with Gasteiger partial charge >= 0.3 is 0 Å². The predicted octanol–water partition coefficient (Wildman–Crippen LogP) is 14.8. The SMILES string of the molecule is CC(C)(C)c1ccc(-c2ccc(N(c3ccc4c(c3)C(C)(C)c3ccccc3-4)c3cccc4c3-c3ccccc3C4(c3ccccc3)c3ccccc3)cc2)cc1. The molecule has 1 heteroatoms. The van der Waals surface area contributed by atoms with Crippen LogP contribution in [0.25, 0.3) is 33.4 Å². The molecule has 0 aromatic heterocycles. The maximum Gasteiger partial charge on any atom is 0.0714 e. The van der Waals surface area contributed by atoms with Crippen LogP contribution in [0.4, 0.5) is 17.1 Å². The Kier molecular flexibility index (Phi) is 8.03. The van der Waals surface area contributed by atoms with Crippen LogP contribution in [0.15, 0.2) is 194 Å². The maximum atomic E-state index is 2.51. The highest BCUT2D eigenvalue weighted by Crippen LogP contribution is 2.60. The summed E-state index contributed by atoms with van der Waals surface area (Å²) >= 11 is 0. The summed E-state index contributed by atoms with van der Waals surface area (Å²) in [5, 5.41) is 0. The predicted molar refractivity (Wildman–Crippen MR) is 240 cm³/mol. The Hall–Kier alpha value is -6.44. The van der Waals surface area contributed by atoms with Gasteiger partial charge in [0.2, 0.25) is 0 Å². The Morgan fingerprint density at radius 3 is 1.54 bits per heavy atom. The fourth-order valence-corrected chi connectivity index (χ4v) is 9.88. The summed E-state index contributed by atoms with van der Waals surface area (Å²) in [6.45, 7) is 11.6. The van der Waals surface area contributed by atoms with Crippen molar-refractivity contribution in [3.05, 3.63) is 233 Å². The van der Waals surface area contributed by atoms with E-state index in [0.29, 0.717) is 0 Å². The van der Waals surface area contributed by atoms with Crippen molar-refractivity contribution in [3.8, 4) is 33.4 Å². The van der Waals surface area contributed by atoms with Gasteiger partial charge in [0.05, 0.1) is 11.1 Å². The Morgan fingerprint density at radius 1 is 0.404 bits per heavy atom. The maximum absolute atomic E-state index is 2.51. The van der Waals surface area contributed by atoms with Gasteiger partial charge in [-0.15, -0.1) is 0 Å². The zero-order chi connectivity index (χ0) is 38.9. The van der Waals surface area contributed by atoms with Crippen molar-refractivity contribution in [1.29, 1.82) is 0 Å². The normalized spacial score (nSPS) is 14.3. The fourth-order valence-electron chi connectivity index (χ4n) is 9.88. The molecular weight excluding hydrogens is 687 g/mol. The van der Waals surface area contributed by atoms with Gasteiger partial charge in [-0.3, -0.25) is 0 Å². The summed E-state index contributed by atoms with van der Waals surface area (Å²) < 4.78 is 0. The third kappa shape index (κ3) is 5.36. The van der Waals surface area contributed by atoms with E-state index < -0.39 is 5.41 Å². The average molecular weight is 734 g/mol. The largest absolute Gasteiger partial charge is 0.310 e. The van der Waals surface area contributed by atoms with Gasteiger partial charge in [0.25, 0.3) is 0 Å². The van der Waals surface area contributed by atoms with Gasteiger partial charge in [-0.1, -0.05) is 198 Å². The van der Waals surface area contributed by atoms with Gasteiger partial charge in [-0.05, 0) is 103 Å². The van der Waals surface area contributed by atoms with E-state index in [2.05, 4.69) is 234 Å². The lowest BCUT2D eigenvalue weighted by atomic mass is 9.68. The number of hydrogen-bond donors (Lipinski definition) is 0. The molecule has 0 bridgehead atoms. The molecule has 0 fully saturated rings. The average Bonchev–Trinajstić information content (AvgIpc) is 3.68. The summed E-state index contributed by atoms with van der Waals surface area (Å²) in [6.07, 6.45) is 0. The Labute approximate surface area is 337 Å². The van der Waals surface area contributed by atoms with Crippen molar-refractivity contribution in [2.75, 3.05) is 4.90 Å². The standard InChI is InChI=1S/C56H47N/c1-54(2,3)40-31-27-38(28-32-40)39-29-33-43(34-30-39)57(44-35-36-46-45-21-12-14-23-48(45)55(4,5)51(46)37-44)52-26-16-25-50-53(52)47-22-13-15-24-49(47)56(50,41-17-8-6-9-18-41)42-19-10-7-11-20-42/h6-37H,1-5H3. The third-order valence-corrected chi connectivity index (χ3v) is 12.7. The van der Waals surface area contributed by atoms with E-state index in [4.69, 9.17) is 0 Å². The summed E-state index contributed by atoms with van der Waals surface area (Å²) in [4.78, 5) is 2.51. The van der Waals surface area contributed by atoms with Gasteiger partial charge in [-0.25, -0.2) is 0 Å². The van der Waals surface area contributed by atoms with Gasteiger partial charge in [0.1, 0.15) is 0 Å². The van der Waals surface area contributed by atoms with E-state index in [1.807, 2.05) is 0 Å². The van der Waals surface area contributed by atoms with Crippen LogP contribution in [0.5, 0.6) is 0 Å². The van der Waals surface area contributed by atoms with Crippen LogP contribution in [0.2, 0.25) is 0 Å². The molecule has 8 aromatic carbocycles. The Morgan fingerprint density at radius 2 is 0.912 bits per heavy atom. The van der Waals surface area contributed by atoms with Gasteiger partial charge < -0.3 is 4.90 Å². The smallest absolute Gasteiger partial charge is 0.0714 e.